The maximum absolute atomic E-state index is 13.5. The van der Waals surface area contributed by atoms with Crippen LogP contribution < -0.4 is 0 Å². The molecule has 2 unspecified atom stereocenters. The molecule has 0 aliphatic heterocycles. The molecule has 1 aromatic carbocycles. The molecule has 0 bridgehead atoms. The minimum Gasteiger partial charge on any atom is -0.481 e. The fraction of sp³-hybridized carbons (Fsp3) is 0.462. The summed E-state index contributed by atoms with van der Waals surface area (Å²) in [5.74, 6) is -3.41. The van der Waals surface area contributed by atoms with Crippen LogP contribution in [-0.4, -0.2) is 16.2 Å². The van der Waals surface area contributed by atoms with E-state index < -0.39 is 23.3 Å². The zero-order chi connectivity index (χ0) is 15.0. The first-order valence-corrected chi connectivity index (χ1v) is 6.44. The Bertz CT molecular complexity index is 501. The number of carboxylic acids is 1. The first-order chi connectivity index (χ1) is 8.59. The smallest absolute Gasteiger partial charge is 0.310 e. The Morgan fingerprint density at radius 2 is 1.84 bits per heavy atom. The van der Waals surface area contributed by atoms with Gasteiger partial charge in [0.2, 0.25) is 0 Å². The van der Waals surface area contributed by atoms with Crippen LogP contribution in [0.1, 0.15) is 26.3 Å². The second-order valence-corrected chi connectivity index (χ2v) is 5.77. The molecular weight excluding hydrogens is 294 g/mol. The molecule has 2 atom stereocenters. The lowest BCUT2D eigenvalue weighted by Gasteiger charge is -2.33. The summed E-state index contributed by atoms with van der Waals surface area (Å²) in [6.07, 6.45) is 0. The van der Waals surface area contributed by atoms with Crippen molar-refractivity contribution in [1.82, 2.24) is 0 Å². The molecule has 3 nitrogen and oxygen atoms in total. The molecule has 0 amide bonds. The van der Waals surface area contributed by atoms with Crippen molar-refractivity contribution in [3.63, 3.8) is 0 Å². The number of carbonyl (C=O) groups is 1. The van der Waals surface area contributed by atoms with Crippen molar-refractivity contribution in [2.75, 3.05) is 0 Å². The summed E-state index contributed by atoms with van der Waals surface area (Å²) in [4.78, 5) is 11.3. The van der Waals surface area contributed by atoms with Gasteiger partial charge in [-0.25, -0.2) is 4.39 Å². The molecule has 0 aliphatic carbocycles. The number of benzene rings is 1. The Hall–Kier alpha value is -0.840. The lowest BCUT2D eigenvalue weighted by atomic mass is 9.76. The quantitative estimate of drug-likeness (QED) is 0.834. The van der Waals surface area contributed by atoms with Crippen LogP contribution in [0.25, 0.3) is 0 Å². The predicted molar refractivity (Wildman–Crippen MR) is 72.0 cm³/mol. The van der Waals surface area contributed by atoms with Gasteiger partial charge in [0.25, 0.3) is 0 Å². The van der Waals surface area contributed by atoms with Crippen LogP contribution in [0.5, 0.6) is 0 Å². The molecule has 106 valence electrons. The predicted octanol–water partition coefficient (Wildman–Crippen LogP) is 3.70. The summed E-state index contributed by atoms with van der Waals surface area (Å²) in [5, 5.41) is 19.6. The monoisotopic (exact) mass is 308 g/mol. The third-order valence-electron chi connectivity index (χ3n) is 3.09. The van der Waals surface area contributed by atoms with Gasteiger partial charge in [-0.05, 0) is 25.0 Å². The number of carboxylic acid groups (broad SMARTS) is 1. The van der Waals surface area contributed by atoms with Crippen LogP contribution in [-0.2, 0) is 10.4 Å². The summed E-state index contributed by atoms with van der Waals surface area (Å²) in [6.45, 7) is 4.63. The fourth-order valence-corrected chi connectivity index (χ4v) is 2.83. The summed E-state index contributed by atoms with van der Waals surface area (Å²) >= 11 is 11.5. The average Bonchev–Trinajstić information content (AvgIpc) is 2.21. The van der Waals surface area contributed by atoms with Gasteiger partial charge in [-0.2, -0.15) is 0 Å². The SMILES string of the molecule is CC(C)C(C(=O)O)C(C)(O)c1cc(F)c(Cl)cc1Cl. The van der Waals surface area contributed by atoms with Crippen molar-refractivity contribution in [3.8, 4) is 0 Å². The highest BCUT2D eigenvalue weighted by Gasteiger charge is 2.42. The van der Waals surface area contributed by atoms with Gasteiger partial charge in [-0.1, -0.05) is 37.0 Å². The van der Waals surface area contributed by atoms with Crippen molar-refractivity contribution >= 4 is 29.2 Å². The molecule has 1 rings (SSSR count). The van der Waals surface area contributed by atoms with Gasteiger partial charge in [-0.3, -0.25) is 4.79 Å². The molecule has 0 saturated carbocycles. The number of aliphatic hydroxyl groups is 1. The molecule has 0 radical (unpaired) electrons. The van der Waals surface area contributed by atoms with Gasteiger partial charge >= 0.3 is 5.97 Å². The highest BCUT2D eigenvalue weighted by Crippen LogP contribution is 2.39. The topological polar surface area (TPSA) is 57.5 Å². The largest absolute Gasteiger partial charge is 0.481 e. The molecule has 0 aromatic heterocycles. The van der Waals surface area contributed by atoms with E-state index in [0.717, 1.165) is 12.1 Å². The van der Waals surface area contributed by atoms with Gasteiger partial charge < -0.3 is 10.2 Å². The van der Waals surface area contributed by atoms with Crippen LogP contribution in [0.2, 0.25) is 10.0 Å². The third-order valence-corrected chi connectivity index (χ3v) is 3.70. The fourth-order valence-electron chi connectivity index (χ4n) is 2.25. The maximum Gasteiger partial charge on any atom is 0.310 e. The van der Waals surface area contributed by atoms with Crippen LogP contribution in [0.3, 0.4) is 0 Å². The van der Waals surface area contributed by atoms with Crippen molar-refractivity contribution in [1.29, 1.82) is 0 Å². The van der Waals surface area contributed by atoms with Crippen LogP contribution in [0.4, 0.5) is 4.39 Å². The Labute approximate surface area is 121 Å². The summed E-state index contributed by atoms with van der Waals surface area (Å²) in [7, 11) is 0. The van der Waals surface area contributed by atoms with Crippen molar-refractivity contribution < 1.29 is 19.4 Å². The molecule has 0 heterocycles. The first kappa shape index (κ1) is 16.2. The van der Waals surface area contributed by atoms with E-state index >= 15 is 0 Å². The van der Waals surface area contributed by atoms with E-state index in [4.69, 9.17) is 23.2 Å². The molecule has 1 aromatic rings. The van der Waals surface area contributed by atoms with Crippen LogP contribution in [0.15, 0.2) is 12.1 Å². The van der Waals surface area contributed by atoms with E-state index in [1.165, 1.54) is 6.92 Å². The van der Waals surface area contributed by atoms with E-state index in [2.05, 4.69) is 0 Å². The lowest BCUT2D eigenvalue weighted by molar-refractivity contribution is -0.155. The number of rotatable bonds is 4. The Kier molecular flexibility index (Phi) is 4.82. The van der Waals surface area contributed by atoms with E-state index in [1.54, 1.807) is 13.8 Å². The zero-order valence-corrected chi connectivity index (χ0v) is 12.3. The normalized spacial score (nSPS) is 16.2. The number of halogens is 3. The van der Waals surface area contributed by atoms with E-state index in [0.29, 0.717) is 0 Å². The van der Waals surface area contributed by atoms with Gasteiger partial charge in [0.05, 0.1) is 10.9 Å². The minimum atomic E-state index is -1.80. The van der Waals surface area contributed by atoms with Gasteiger partial charge in [-0.15, -0.1) is 0 Å². The number of hydrogen-bond donors (Lipinski definition) is 2. The summed E-state index contributed by atoms with van der Waals surface area (Å²) in [6, 6.07) is 2.13. The van der Waals surface area contributed by atoms with Gasteiger partial charge in [0.15, 0.2) is 0 Å². The molecular formula is C13H15Cl2FO3. The summed E-state index contributed by atoms with van der Waals surface area (Å²) in [5.41, 5.74) is -1.79. The van der Waals surface area contributed by atoms with E-state index in [1.807, 2.05) is 0 Å². The molecule has 2 N–H and O–H groups in total. The van der Waals surface area contributed by atoms with Crippen molar-refractivity contribution in [2.45, 2.75) is 26.4 Å². The van der Waals surface area contributed by atoms with Crippen LogP contribution in [0, 0.1) is 17.7 Å². The molecule has 0 spiro atoms. The molecule has 0 fully saturated rings. The average molecular weight is 309 g/mol. The van der Waals surface area contributed by atoms with Crippen molar-refractivity contribution in [3.05, 3.63) is 33.6 Å². The standard InChI is InChI=1S/C13H15Cl2FO3/c1-6(2)11(12(17)18)13(3,19)7-4-10(16)9(15)5-8(7)14/h4-6,11,19H,1-3H3,(H,17,18). The highest BCUT2D eigenvalue weighted by molar-refractivity contribution is 6.35. The molecule has 19 heavy (non-hydrogen) atoms. The summed E-state index contributed by atoms with van der Waals surface area (Å²) < 4.78 is 13.5. The first-order valence-electron chi connectivity index (χ1n) is 5.69. The maximum atomic E-state index is 13.5. The van der Waals surface area contributed by atoms with Gasteiger partial charge in [0.1, 0.15) is 11.4 Å². The molecule has 0 aliphatic rings. The second-order valence-electron chi connectivity index (χ2n) is 4.95. The van der Waals surface area contributed by atoms with E-state index in [9.17, 15) is 19.4 Å². The van der Waals surface area contributed by atoms with Crippen LogP contribution >= 0.6 is 23.2 Å². The number of hydrogen-bond acceptors (Lipinski definition) is 2. The minimum absolute atomic E-state index is 0.0113. The number of aliphatic carboxylic acids is 1. The molecule has 6 heteroatoms. The van der Waals surface area contributed by atoms with E-state index in [-0.39, 0.29) is 21.5 Å². The zero-order valence-electron chi connectivity index (χ0n) is 10.7. The Morgan fingerprint density at radius 3 is 2.26 bits per heavy atom. The van der Waals surface area contributed by atoms with Crippen molar-refractivity contribution in [2.24, 2.45) is 11.8 Å². The highest BCUT2D eigenvalue weighted by atomic mass is 35.5. The Morgan fingerprint density at radius 1 is 1.32 bits per heavy atom. The molecule has 0 saturated heterocycles. The third kappa shape index (κ3) is 3.19. The van der Waals surface area contributed by atoms with Gasteiger partial charge in [0, 0.05) is 10.6 Å². The lowest BCUT2D eigenvalue weighted by Crippen LogP contribution is -2.40. The Balaban J connectivity index is 3.40. The second kappa shape index (κ2) is 5.65.